The Labute approximate surface area is 143 Å². The number of fused-ring (bicyclic) bond motifs is 1. The molecule has 2 aromatic rings. The van der Waals surface area contributed by atoms with Crippen LogP contribution in [-0.4, -0.2) is 29.1 Å². The minimum atomic E-state index is -3.84. The van der Waals surface area contributed by atoms with E-state index in [9.17, 15) is 14.5 Å². The van der Waals surface area contributed by atoms with E-state index in [0.29, 0.717) is 17.9 Å². The van der Waals surface area contributed by atoms with Crippen molar-refractivity contribution >= 4 is 46.6 Å². The number of benzene rings is 2. The highest BCUT2D eigenvalue weighted by Crippen LogP contribution is 2.50. The second-order valence-corrected chi connectivity index (χ2v) is 8.57. The van der Waals surface area contributed by atoms with Crippen molar-refractivity contribution in [2.45, 2.75) is 12.5 Å². The summed E-state index contributed by atoms with van der Waals surface area (Å²) in [5.74, 6) is -0.154. The summed E-state index contributed by atoms with van der Waals surface area (Å²) in [5, 5.41) is 13.3. The predicted molar refractivity (Wildman–Crippen MR) is 95.6 cm³/mol. The highest BCUT2D eigenvalue weighted by molar-refractivity contribution is 7.98. The van der Waals surface area contributed by atoms with Gasteiger partial charge in [-0.25, -0.2) is 9.65 Å². The summed E-state index contributed by atoms with van der Waals surface area (Å²) >= 11 is 7.44. The zero-order valence-electron chi connectivity index (χ0n) is 12.4. The average molecular weight is 374 g/mol. The first kappa shape index (κ1) is 18.1. The van der Waals surface area contributed by atoms with E-state index in [1.165, 1.54) is 11.8 Å². The normalized spacial score (nSPS) is 15.0. The molecule has 23 heavy (non-hydrogen) atoms. The molecule has 0 aliphatic carbocycles. The molecule has 5 nitrogen and oxygen atoms in total. The smallest absolute Gasteiger partial charge is 0.409 e. The van der Waals surface area contributed by atoms with Gasteiger partial charge in [-0.05, 0) is 29.9 Å². The second-order valence-electron chi connectivity index (χ2n) is 4.85. The fraction of sp³-hybridized carbons (Fsp3) is 0.267. The van der Waals surface area contributed by atoms with Crippen molar-refractivity contribution in [2.24, 2.45) is 0 Å². The summed E-state index contributed by atoms with van der Waals surface area (Å²) in [6.45, 7) is -3.84. The third kappa shape index (κ3) is 5.15. The van der Waals surface area contributed by atoms with Crippen LogP contribution in [0.25, 0.3) is 10.8 Å². The fourth-order valence-electron chi connectivity index (χ4n) is 2.09. The van der Waals surface area contributed by atoms with Crippen LogP contribution in [0, 0.1) is 0 Å². The van der Waals surface area contributed by atoms with Gasteiger partial charge in [0, 0.05) is 16.6 Å². The molecule has 0 spiro atoms. The number of nitrogens with one attached hydrogen (secondary N) is 1. The lowest BCUT2D eigenvalue weighted by Gasteiger charge is -2.19. The SMILES string of the molecule is CSCCC(NP(=O)(Cl)Oc1cccc2ccccc12)C(=O)O. The first-order valence-corrected chi connectivity index (χ1v) is 10.8. The summed E-state index contributed by atoms with van der Waals surface area (Å²) < 4.78 is 17.9. The number of carboxylic acids is 1. The van der Waals surface area contributed by atoms with Gasteiger partial charge in [0.05, 0.1) is 0 Å². The van der Waals surface area contributed by atoms with Crippen molar-refractivity contribution in [1.29, 1.82) is 0 Å². The topological polar surface area (TPSA) is 75.6 Å². The number of carbonyl (C=O) groups is 1. The number of carboxylic acid groups (broad SMARTS) is 1. The van der Waals surface area contributed by atoms with Crippen molar-refractivity contribution in [3.8, 4) is 5.75 Å². The minimum Gasteiger partial charge on any atom is -0.480 e. The largest absolute Gasteiger partial charge is 0.480 e. The van der Waals surface area contributed by atoms with Crippen molar-refractivity contribution in [2.75, 3.05) is 12.0 Å². The zero-order valence-corrected chi connectivity index (χ0v) is 14.9. The fourth-order valence-corrected chi connectivity index (χ4v) is 4.22. The van der Waals surface area contributed by atoms with E-state index in [1.54, 1.807) is 12.1 Å². The van der Waals surface area contributed by atoms with E-state index in [4.69, 9.17) is 15.8 Å². The molecule has 8 heteroatoms. The van der Waals surface area contributed by atoms with Gasteiger partial charge < -0.3 is 9.63 Å². The van der Waals surface area contributed by atoms with Crippen LogP contribution in [0.5, 0.6) is 5.75 Å². The van der Waals surface area contributed by atoms with Gasteiger partial charge in [-0.15, -0.1) is 0 Å². The third-order valence-corrected chi connectivity index (χ3v) is 5.38. The highest BCUT2D eigenvalue weighted by atomic mass is 35.7. The standard InChI is InChI=1S/C15H17ClNO4PS/c1-23-10-9-13(15(18)19)17-22(16,20)21-14-8-4-6-11-5-2-3-7-12(11)14/h2-8,13H,9-10H2,1H3,(H,17,20)(H,18,19). The lowest BCUT2D eigenvalue weighted by Crippen LogP contribution is -2.35. The molecule has 2 aromatic carbocycles. The van der Waals surface area contributed by atoms with E-state index in [0.717, 1.165) is 10.8 Å². The molecule has 0 aliphatic heterocycles. The summed E-state index contributed by atoms with van der Waals surface area (Å²) in [5.41, 5.74) is 0. The van der Waals surface area contributed by atoms with Gasteiger partial charge in [0.1, 0.15) is 11.8 Å². The molecule has 0 saturated heterocycles. The van der Waals surface area contributed by atoms with Crippen molar-refractivity contribution in [3.05, 3.63) is 42.5 Å². The van der Waals surface area contributed by atoms with E-state index in [-0.39, 0.29) is 0 Å². The second kappa shape index (κ2) is 8.06. The van der Waals surface area contributed by atoms with Gasteiger partial charge in [-0.1, -0.05) is 36.4 Å². The molecule has 124 valence electrons. The minimum absolute atomic E-state index is 0.298. The van der Waals surface area contributed by atoms with Crippen LogP contribution in [-0.2, 0) is 9.36 Å². The summed E-state index contributed by atoms with van der Waals surface area (Å²) in [6.07, 6.45) is 2.16. The van der Waals surface area contributed by atoms with Crippen LogP contribution >= 0.6 is 29.9 Å². The Kier molecular flexibility index (Phi) is 6.36. The van der Waals surface area contributed by atoms with E-state index in [2.05, 4.69) is 5.09 Å². The lowest BCUT2D eigenvalue weighted by atomic mass is 10.1. The maximum Gasteiger partial charge on any atom is 0.409 e. The number of aliphatic carboxylic acids is 1. The van der Waals surface area contributed by atoms with Gasteiger partial charge in [-0.2, -0.15) is 11.8 Å². The van der Waals surface area contributed by atoms with E-state index >= 15 is 0 Å². The van der Waals surface area contributed by atoms with Crippen LogP contribution in [0.15, 0.2) is 42.5 Å². The molecule has 0 fully saturated rings. The van der Waals surface area contributed by atoms with Gasteiger partial charge >= 0.3 is 12.8 Å². The Hall–Kier alpha value is -1.20. The molecule has 2 rings (SSSR count). The summed E-state index contributed by atoms with van der Waals surface area (Å²) in [4.78, 5) is 11.2. The lowest BCUT2D eigenvalue weighted by molar-refractivity contribution is -0.139. The molecule has 2 unspecified atom stereocenters. The molecule has 0 saturated carbocycles. The Balaban J connectivity index is 2.19. The number of halogens is 1. The number of rotatable bonds is 8. The quantitative estimate of drug-likeness (QED) is 0.669. The number of hydrogen-bond acceptors (Lipinski definition) is 4. The van der Waals surface area contributed by atoms with Crippen molar-refractivity contribution in [1.82, 2.24) is 5.09 Å². The molecule has 0 amide bonds. The van der Waals surface area contributed by atoms with Crippen LogP contribution in [0.1, 0.15) is 6.42 Å². The molecular weight excluding hydrogens is 357 g/mol. The Morgan fingerprint density at radius 2 is 2.04 bits per heavy atom. The van der Waals surface area contributed by atoms with Crippen molar-refractivity contribution < 1.29 is 19.0 Å². The van der Waals surface area contributed by atoms with Gasteiger partial charge in [0.25, 0.3) is 0 Å². The molecule has 2 N–H and O–H groups in total. The maximum absolute atomic E-state index is 12.5. The number of hydrogen-bond donors (Lipinski definition) is 2. The summed E-state index contributed by atoms with van der Waals surface area (Å²) in [6, 6.07) is 11.7. The Morgan fingerprint density at radius 3 is 2.74 bits per heavy atom. The third-order valence-electron chi connectivity index (χ3n) is 3.18. The van der Waals surface area contributed by atoms with Crippen LogP contribution in [0.3, 0.4) is 0 Å². The Bertz CT molecular complexity index is 737. The Morgan fingerprint density at radius 1 is 1.35 bits per heavy atom. The molecule has 0 radical (unpaired) electrons. The van der Waals surface area contributed by atoms with Crippen LogP contribution in [0.2, 0.25) is 0 Å². The predicted octanol–water partition coefficient (Wildman–Crippen LogP) is 4.36. The molecule has 0 aliphatic rings. The average Bonchev–Trinajstić information content (AvgIpc) is 2.51. The molecular formula is C15H17ClNO4PS. The highest BCUT2D eigenvalue weighted by Gasteiger charge is 2.30. The van der Waals surface area contributed by atoms with Crippen LogP contribution < -0.4 is 9.61 Å². The van der Waals surface area contributed by atoms with E-state index in [1.807, 2.05) is 36.6 Å². The maximum atomic E-state index is 12.5. The monoisotopic (exact) mass is 373 g/mol. The molecule has 0 heterocycles. The van der Waals surface area contributed by atoms with Gasteiger partial charge in [0.2, 0.25) is 0 Å². The summed E-state index contributed by atoms with van der Waals surface area (Å²) in [7, 11) is 0. The first-order valence-electron chi connectivity index (χ1n) is 6.89. The van der Waals surface area contributed by atoms with E-state index < -0.39 is 18.9 Å². The molecule has 0 aromatic heterocycles. The molecule has 2 atom stereocenters. The zero-order chi connectivity index (χ0) is 16.9. The molecule has 0 bridgehead atoms. The number of thioether (sulfide) groups is 1. The first-order chi connectivity index (χ1) is 10.9. The van der Waals surface area contributed by atoms with Gasteiger partial charge in [-0.3, -0.25) is 4.79 Å². The van der Waals surface area contributed by atoms with Gasteiger partial charge in [0.15, 0.2) is 0 Å². The van der Waals surface area contributed by atoms with Crippen molar-refractivity contribution in [3.63, 3.8) is 0 Å². The van der Waals surface area contributed by atoms with Crippen LogP contribution in [0.4, 0.5) is 0 Å².